The topological polar surface area (TPSA) is 78.2 Å². The van der Waals surface area contributed by atoms with E-state index in [-0.39, 0.29) is 12.6 Å². The van der Waals surface area contributed by atoms with Crippen molar-refractivity contribution in [3.8, 4) is 5.75 Å². The average Bonchev–Trinajstić information content (AvgIpc) is 2.29. The summed E-state index contributed by atoms with van der Waals surface area (Å²) in [7, 11) is 1.59. The van der Waals surface area contributed by atoms with Gasteiger partial charge in [-0.1, -0.05) is 17.2 Å². The first-order valence-electron chi connectivity index (χ1n) is 4.61. The van der Waals surface area contributed by atoms with Crippen LogP contribution in [0.1, 0.15) is 18.0 Å². The first-order chi connectivity index (χ1) is 7.31. The lowest BCUT2D eigenvalue weighted by atomic mass is 10.1. The maximum absolute atomic E-state index is 8.82. The van der Waals surface area contributed by atoms with Crippen LogP contribution in [0.15, 0.2) is 29.4 Å². The van der Waals surface area contributed by atoms with E-state index in [0.29, 0.717) is 6.42 Å². The maximum atomic E-state index is 8.82. The Bertz CT molecular complexity index is 344. The SMILES string of the molecule is COc1ccc(C(CCO)N=[N+]=[N-])cc1. The summed E-state index contributed by atoms with van der Waals surface area (Å²) in [5.74, 6) is 0.752. The van der Waals surface area contributed by atoms with Gasteiger partial charge in [-0.3, -0.25) is 0 Å². The van der Waals surface area contributed by atoms with Gasteiger partial charge in [-0.25, -0.2) is 0 Å². The Balaban J connectivity index is 2.85. The number of azide groups is 1. The second-order valence-corrected chi connectivity index (χ2v) is 3.01. The summed E-state index contributed by atoms with van der Waals surface area (Å²) in [6.07, 6.45) is 0.427. The summed E-state index contributed by atoms with van der Waals surface area (Å²) in [6, 6.07) is 6.94. The highest BCUT2D eigenvalue weighted by atomic mass is 16.5. The predicted molar refractivity (Wildman–Crippen MR) is 56.6 cm³/mol. The molecule has 0 heterocycles. The Hall–Kier alpha value is -1.71. The molecule has 1 aromatic rings. The van der Waals surface area contributed by atoms with Gasteiger partial charge in [-0.05, 0) is 29.6 Å². The van der Waals surface area contributed by atoms with Crippen molar-refractivity contribution in [3.63, 3.8) is 0 Å². The number of aliphatic hydroxyl groups is 1. The number of rotatable bonds is 5. The molecule has 0 fully saturated rings. The standard InChI is InChI=1S/C10H13N3O2/c1-15-9-4-2-8(3-5-9)10(6-7-14)12-13-11/h2-5,10,14H,6-7H2,1H3. The van der Waals surface area contributed by atoms with Crippen molar-refractivity contribution in [3.05, 3.63) is 40.3 Å². The number of ether oxygens (including phenoxy) is 1. The molecule has 0 spiro atoms. The molecule has 15 heavy (non-hydrogen) atoms. The Morgan fingerprint density at radius 2 is 2.13 bits per heavy atom. The van der Waals surface area contributed by atoms with Crippen LogP contribution in [0, 0.1) is 0 Å². The lowest BCUT2D eigenvalue weighted by Crippen LogP contribution is -1.97. The number of hydrogen-bond acceptors (Lipinski definition) is 3. The van der Waals surface area contributed by atoms with Crippen LogP contribution in [0.2, 0.25) is 0 Å². The molecule has 1 N–H and O–H groups in total. The molecule has 0 saturated carbocycles. The molecule has 0 bridgehead atoms. The van der Waals surface area contributed by atoms with Crippen LogP contribution in [0.3, 0.4) is 0 Å². The third kappa shape index (κ3) is 3.16. The van der Waals surface area contributed by atoms with E-state index in [1.165, 1.54) is 0 Å². The van der Waals surface area contributed by atoms with Crippen molar-refractivity contribution >= 4 is 0 Å². The summed E-state index contributed by atoms with van der Waals surface area (Å²) >= 11 is 0. The van der Waals surface area contributed by atoms with Crippen LogP contribution in [-0.4, -0.2) is 18.8 Å². The van der Waals surface area contributed by atoms with E-state index >= 15 is 0 Å². The molecular formula is C10H13N3O2. The van der Waals surface area contributed by atoms with Crippen molar-refractivity contribution in [2.24, 2.45) is 5.11 Å². The first-order valence-corrected chi connectivity index (χ1v) is 4.61. The molecular weight excluding hydrogens is 194 g/mol. The van der Waals surface area contributed by atoms with Crippen LogP contribution in [-0.2, 0) is 0 Å². The van der Waals surface area contributed by atoms with Gasteiger partial charge in [-0.2, -0.15) is 0 Å². The van der Waals surface area contributed by atoms with Crippen molar-refractivity contribution in [1.82, 2.24) is 0 Å². The van der Waals surface area contributed by atoms with Gasteiger partial charge in [0.05, 0.1) is 13.2 Å². The molecule has 1 rings (SSSR count). The van der Waals surface area contributed by atoms with E-state index < -0.39 is 0 Å². The third-order valence-electron chi connectivity index (χ3n) is 2.09. The highest BCUT2D eigenvalue weighted by Gasteiger charge is 2.08. The number of benzene rings is 1. The molecule has 0 aromatic heterocycles. The van der Waals surface area contributed by atoms with Gasteiger partial charge < -0.3 is 9.84 Å². The highest BCUT2D eigenvalue weighted by molar-refractivity contribution is 5.29. The Morgan fingerprint density at radius 3 is 2.60 bits per heavy atom. The predicted octanol–water partition coefficient (Wildman–Crippen LogP) is 2.43. The highest BCUT2D eigenvalue weighted by Crippen LogP contribution is 2.23. The zero-order valence-corrected chi connectivity index (χ0v) is 8.50. The second kappa shape index (κ2) is 5.90. The molecule has 0 aliphatic carbocycles. The molecule has 0 radical (unpaired) electrons. The molecule has 0 saturated heterocycles. The summed E-state index contributed by atoms with van der Waals surface area (Å²) in [6.45, 7) is -0.00425. The van der Waals surface area contributed by atoms with Gasteiger partial charge in [0.1, 0.15) is 5.75 Å². The van der Waals surface area contributed by atoms with Gasteiger partial charge in [0, 0.05) is 11.5 Å². The minimum Gasteiger partial charge on any atom is -0.497 e. The lowest BCUT2D eigenvalue weighted by molar-refractivity contribution is 0.276. The summed E-state index contributed by atoms with van der Waals surface area (Å²) in [5.41, 5.74) is 9.25. The van der Waals surface area contributed by atoms with E-state index in [0.717, 1.165) is 11.3 Å². The first kappa shape index (κ1) is 11.4. The molecule has 5 nitrogen and oxygen atoms in total. The van der Waals surface area contributed by atoms with Gasteiger partial charge in [-0.15, -0.1) is 0 Å². The van der Waals surface area contributed by atoms with E-state index in [1.54, 1.807) is 19.2 Å². The van der Waals surface area contributed by atoms with Crippen LogP contribution in [0.25, 0.3) is 10.4 Å². The molecule has 1 unspecified atom stereocenters. The van der Waals surface area contributed by atoms with Gasteiger partial charge >= 0.3 is 0 Å². The second-order valence-electron chi connectivity index (χ2n) is 3.01. The van der Waals surface area contributed by atoms with Crippen LogP contribution in [0.5, 0.6) is 5.75 Å². The number of aliphatic hydroxyl groups excluding tert-OH is 1. The lowest BCUT2D eigenvalue weighted by Gasteiger charge is -2.10. The van der Waals surface area contributed by atoms with E-state index in [4.69, 9.17) is 15.4 Å². The van der Waals surface area contributed by atoms with Crippen LogP contribution in [0.4, 0.5) is 0 Å². The largest absolute Gasteiger partial charge is 0.497 e. The van der Waals surface area contributed by atoms with Crippen LogP contribution >= 0.6 is 0 Å². The smallest absolute Gasteiger partial charge is 0.118 e. The Labute approximate surface area is 87.9 Å². The summed E-state index contributed by atoms with van der Waals surface area (Å²) in [5, 5.41) is 12.4. The maximum Gasteiger partial charge on any atom is 0.118 e. The molecule has 1 atom stereocenters. The van der Waals surface area contributed by atoms with Crippen molar-refractivity contribution in [2.75, 3.05) is 13.7 Å². The van der Waals surface area contributed by atoms with Crippen molar-refractivity contribution in [2.45, 2.75) is 12.5 Å². The van der Waals surface area contributed by atoms with E-state index in [2.05, 4.69) is 10.0 Å². The monoisotopic (exact) mass is 207 g/mol. The molecule has 80 valence electrons. The van der Waals surface area contributed by atoms with Crippen molar-refractivity contribution < 1.29 is 9.84 Å². The number of nitrogens with zero attached hydrogens (tertiary/aromatic N) is 3. The Morgan fingerprint density at radius 1 is 1.47 bits per heavy atom. The summed E-state index contributed by atoms with van der Waals surface area (Å²) in [4.78, 5) is 2.76. The van der Waals surface area contributed by atoms with Gasteiger partial charge in [0.25, 0.3) is 0 Å². The molecule has 1 aromatic carbocycles. The molecule has 0 aliphatic rings. The fourth-order valence-electron chi connectivity index (χ4n) is 1.30. The minimum absolute atomic E-state index is 0.00425. The normalized spacial score (nSPS) is 11.6. The van der Waals surface area contributed by atoms with Gasteiger partial charge in [0.15, 0.2) is 0 Å². The quantitative estimate of drug-likeness (QED) is 0.457. The minimum atomic E-state index is -0.314. The fraction of sp³-hybridized carbons (Fsp3) is 0.400. The Kier molecular flexibility index (Phi) is 4.47. The zero-order chi connectivity index (χ0) is 11.1. The third-order valence-corrected chi connectivity index (χ3v) is 2.09. The van der Waals surface area contributed by atoms with Crippen LogP contribution < -0.4 is 4.74 Å². The zero-order valence-electron chi connectivity index (χ0n) is 8.50. The van der Waals surface area contributed by atoms with E-state index in [1.807, 2.05) is 12.1 Å². The number of hydrogen-bond donors (Lipinski definition) is 1. The molecule has 5 heteroatoms. The van der Waals surface area contributed by atoms with E-state index in [9.17, 15) is 0 Å². The van der Waals surface area contributed by atoms with Crippen molar-refractivity contribution in [1.29, 1.82) is 0 Å². The summed E-state index contributed by atoms with van der Waals surface area (Å²) < 4.78 is 5.02. The molecule has 0 amide bonds. The average molecular weight is 207 g/mol. The number of methoxy groups -OCH3 is 1. The van der Waals surface area contributed by atoms with Gasteiger partial charge in [0.2, 0.25) is 0 Å². The fourth-order valence-corrected chi connectivity index (χ4v) is 1.30. The molecule has 0 aliphatic heterocycles.